The van der Waals surface area contributed by atoms with E-state index in [2.05, 4.69) is 5.32 Å². The summed E-state index contributed by atoms with van der Waals surface area (Å²) in [4.78, 5) is 26.7. The molecule has 0 aromatic heterocycles. The molecule has 2 aromatic carbocycles. The van der Waals surface area contributed by atoms with Gasteiger partial charge in [-0.15, -0.1) is 0 Å². The van der Waals surface area contributed by atoms with Crippen LogP contribution in [0.2, 0.25) is 0 Å². The van der Waals surface area contributed by atoms with Gasteiger partial charge in [-0.3, -0.25) is 9.69 Å². The molecule has 6 nitrogen and oxygen atoms in total. The molecule has 1 unspecified atom stereocenters. The molecule has 1 saturated heterocycles. The minimum atomic E-state index is -1.06. The van der Waals surface area contributed by atoms with E-state index < -0.39 is 5.54 Å². The van der Waals surface area contributed by atoms with Gasteiger partial charge in [-0.2, -0.15) is 0 Å². The van der Waals surface area contributed by atoms with Gasteiger partial charge in [0.2, 0.25) is 0 Å². The smallest absolute Gasteiger partial charge is 0.325 e. The average molecular weight is 396 g/mol. The van der Waals surface area contributed by atoms with Crippen LogP contribution >= 0.6 is 0 Å². The number of hydrogen-bond acceptors (Lipinski definition) is 4. The van der Waals surface area contributed by atoms with Crippen molar-refractivity contribution in [2.24, 2.45) is 0 Å². The first kappa shape index (κ1) is 20.7. The lowest BCUT2D eigenvalue weighted by Crippen LogP contribution is -2.41. The fourth-order valence-corrected chi connectivity index (χ4v) is 3.48. The third kappa shape index (κ3) is 4.36. The van der Waals surface area contributed by atoms with Gasteiger partial charge in [0, 0.05) is 6.54 Å². The standard InChI is InChI=1S/C23H28N2O4/c1-16-7-10-19(11-8-16)29-14-6-5-13-25-21(26)23(3,24-22(25)27)18-9-12-20(28-4)17(2)15-18/h7-12,15H,5-6,13-14H2,1-4H3,(H,24,27). The predicted molar refractivity (Wildman–Crippen MR) is 111 cm³/mol. The molecule has 1 fully saturated rings. The number of urea groups is 1. The quantitative estimate of drug-likeness (QED) is 0.542. The molecule has 1 aliphatic heterocycles. The van der Waals surface area contributed by atoms with E-state index in [4.69, 9.17) is 9.47 Å². The first-order valence-corrected chi connectivity index (χ1v) is 9.84. The summed E-state index contributed by atoms with van der Waals surface area (Å²) in [7, 11) is 1.61. The van der Waals surface area contributed by atoms with Crippen LogP contribution in [0.5, 0.6) is 11.5 Å². The minimum Gasteiger partial charge on any atom is -0.496 e. The molecule has 154 valence electrons. The molecule has 0 bridgehead atoms. The van der Waals surface area contributed by atoms with E-state index in [1.54, 1.807) is 14.0 Å². The van der Waals surface area contributed by atoms with E-state index in [1.165, 1.54) is 10.5 Å². The van der Waals surface area contributed by atoms with E-state index in [1.807, 2.05) is 56.3 Å². The van der Waals surface area contributed by atoms with Crippen LogP contribution in [0.3, 0.4) is 0 Å². The molecule has 1 heterocycles. The SMILES string of the molecule is COc1ccc(C2(C)NC(=O)N(CCCCOc3ccc(C)cc3)C2=O)cc1C. The fourth-order valence-electron chi connectivity index (χ4n) is 3.48. The zero-order valence-corrected chi connectivity index (χ0v) is 17.5. The molecule has 1 aliphatic rings. The number of methoxy groups -OCH3 is 1. The maximum absolute atomic E-state index is 13.0. The Kier molecular flexibility index (Phi) is 6.11. The number of carbonyl (C=O) groups is 2. The monoisotopic (exact) mass is 396 g/mol. The molecule has 1 N–H and O–H groups in total. The van der Waals surface area contributed by atoms with Gasteiger partial charge in [0.25, 0.3) is 5.91 Å². The average Bonchev–Trinajstić information content (AvgIpc) is 2.92. The molecular formula is C23H28N2O4. The van der Waals surface area contributed by atoms with E-state index in [0.29, 0.717) is 19.6 Å². The van der Waals surface area contributed by atoms with Crippen molar-refractivity contribution in [2.75, 3.05) is 20.3 Å². The number of hydrogen-bond donors (Lipinski definition) is 1. The number of unbranched alkanes of at least 4 members (excludes halogenated alkanes) is 1. The number of nitrogens with zero attached hydrogens (tertiary/aromatic N) is 1. The lowest BCUT2D eigenvalue weighted by molar-refractivity contribution is -0.131. The van der Waals surface area contributed by atoms with Crippen LogP contribution in [-0.2, 0) is 10.3 Å². The Labute approximate surface area is 171 Å². The van der Waals surface area contributed by atoms with Gasteiger partial charge in [0.05, 0.1) is 13.7 Å². The highest BCUT2D eigenvalue weighted by molar-refractivity contribution is 6.07. The summed E-state index contributed by atoms with van der Waals surface area (Å²) >= 11 is 0. The molecule has 3 rings (SSSR count). The van der Waals surface area contributed by atoms with Gasteiger partial charge in [-0.1, -0.05) is 23.8 Å². The van der Waals surface area contributed by atoms with Gasteiger partial charge in [-0.25, -0.2) is 4.79 Å². The van der Waals surface area contributed by atoms with Crippen molar-refractivity contribution in [3.05, 3.63) is 59.2 Å². The maximum Gasteiger partial charge on any atom is 0.325 e. The highest BCUT2D eigenvalue weighted by Crippen LogP contribution is 2.31. The number of carbonyl (C=O) groups excluding carboxylic acids is 2. The topological polar surface area (TPSA) is 67.9 Å². The zero-order valence-electron chi connectivity index (χ0n) is 17.5. The van der Waals surface area contributed by atoms with Crippen molar-refractivity contribution in [1.29, 1.82) is 0 Å². The Morgan fingerprint density at radius 1 is 1.03 bits per heavy atom. The number of benzene rings is 2. The number of rotatable bonds is 8. The molecule has 0 aliphatic carbocycles. The van der Waals surface area contributed by atoms with Crippen LogP contribution in [0.4, 0.5) is 4.79 Å². The molecule has 0 saturated carbocycles. The summed E-state index contributed by atoms with van der Waals surface area (Å²) in [5.41, 5.74) is 1.79. The van der Waals surface area contributed by atoms with Gasteiger partial charge < -0.3 is 14.8 Å². The van der Waals surface area contributed by atoms with Crippen molar-refractivity contribution < 1.29 is 19.1 Å². The second-order valence-corrected chi connectivity index (χ2v) is 7.56. The van der Waals surface area contributed by atoms with Crippen molar-refractivity contribution in [2.45, 2.75) is 39.2 Å². The number of nitrogens with one attached hydrogen (secondary N) is 1. The molecule has 1 atom stereocenters. The largest absolute Gasteiger partial charge is 0.496 e. The normalized spacial score (nSPS) is 18.7. The second-order valence-electron chi connectivity index (χ2n) is 7.56. The van der Waals surface area contributed by atoms with E-state index in [-0.39, 0.29) is 11.9 Å². The third-order valence-electron chi connectivity index (χ3n) is 5.31. The Balaban J connectivity index is 1.56. The molecule has 2 aromatic rings. The zero-order chi connectivity index (χ0) is 21.0. The molecule has 3 amide bonds. The maximum atomic E-state index is 13.0. The van der Waals surface area contributed by atoms with Crippen molar-refractivity contribution in [3.63, 3.8) is 0 Å². The van der Waals surface area contributed by atoms with Crippen LogP contribution in [0, 0.1) is 13.8 Å². The number of amides is 3. The summed E-state index contributed by atoms with van der Waals surface area (Å²) in [6.45, 7) is 6.60. The molecule has 0 spiro atoms. The first-order chi connectivity index (χ1) is 13.8. The summed E-state index contributed by atoms with van der Waals surface area (Å²) < 4.78 is 11.0. The highest BCUT2D eigenvalue weighted by Gasteiger charge is 2.48. The summed E-state index contributed by atoms with van der Waals surface area (Å²) in [6.07, 6.45) is 1.44. The van der Waals surface area contributed by atoms with E-state index in [0.717, 1.165) is 29.0 Å². The van der Waals surface area contributed by atoms with Gasteiger partial charge >= 0.3 is 6.03 Å². The molecule has 29 heavy (non-hydrogen) atoms. The van der Waals surface area contributed by atoms with Crippen molar-refractivity contribution >= 4 is 11.9 Å². The second kappa shape index (κ2) is 8.55. The third-order valence-corrected chi connectivity index (χ3v) is 5.31. The van der Waals surface area contributed by atoms with Gasteiger partial charge in [0.1, 0.15) is 17.0 Å². The highest BCUT2D eigenvalue weighted by atomic mass is 16.5. The minimum absolute atomic E-state index is 0.230. The summed E-state index contributed by atoms with van der Waals surface area (Å²) in [5, 5.41) is 2.85. The van der Waals surface area contributed by atoms with E-state index >= 15 is 0 Å². The Hall–Kier alpha value is -3.02. The van der Waals surface area contributed by atoms with Crippen LogP contribution < -0.4 is 14.8 Å². The lowest BCUT2D eigenvalue weighted by Gasteiger charge is -2.23. The molecule has 0 radical (unpaired) electrons. The number of aryl methyl sites for hydroxylation is 2. The van der Waals surface area contributed by atoms with Gasteiger partial charge in [0.15, 0.2) is 0 Å². The van der Waals surface area contributed by atoms with Crippen LogP contribution in [0.1, 0.15) is 36.5 Å². The Morgan fingerprint density at radius 2 is 1.76 bits per heavy atom. The predicted octanol–water partition coefficient (Wildman–Crippen LogP) is 3.94. The summed E-state index contributed by atoms with van der Waals surface area (Å²) in [5.74, 6) is 1.35. The first-order valence-electron chi connectivity index (χ1n) is 9.84. The Bertz CT molecular complexity index is 894. The Morgan fingerprint density at radius 3 is 2.41 bits per heavy atom. The lowest BCUT2D eigenvalue weighted by atomic mass is 9.90. The van der Waals surface area contributed by atoms with Crippen LogP contribution in [-0.4, -0.2) is 37.1 Å². The van der Waals surface area contributed by atoms with Crippen molar-refractivity contribution in [1.82, 2.24) is 10.2 Å². The fraction of sp³-hybridized carbons (Fsp3) is 0.391. The van der Waals surface area contributed by atoms with Crippen molar-refractivity contribution in [3.8, 4) is 11.5 Å². The molecular weight excluding hydrogens is 368 g/mol. The summed E-state index contributed by atoms with van der Waals surface area (Å²) in [6, 6.07) is 13.1. The van der Waals surface area contributed by atoms with Gasteiger partial charge in [-0.05, 0) is 69.0 Å². The molecule has 6 heteroatoms. The number of ether oxygens (including phenoxy) is 2. The van der Waals surface area contributed by atoms with Crippen LogP contribution in [0.15, 0.2) is 42.5 Å². The van der Waals surface area contributed by atoms with E-state index in [9.17, 15) is 9.59 Å². The number of imide groups is 1. The van der Waals surface area contributed by atoms with Crippen LogP contribution in [0.25, 0.3) is 0 Å².